The highest BCUT2D eigenvalue weighted by atomic mass is 35.5. The van der Waals surface area contributed by atoms with Gasteiger partial charge in [-0.2, -0.15) is 0 Å². The van der Waals surface area contributed by atoms with Gasteiger partial charge >= 0.3 is 6.03 Å². The first kappa shape index (κ1) is 32.9. The number of carbonyl (C=O) groups excluding carboxylic acids is 3. The fourth-order valence-corrected chi connectivity index (χ4v) is 5.64. The molecule has 11 nitrogen and oxygen atoms in total. The van der Waals surface area contributed by atoms with Crippen LogP contribution in [-0.4, -0.2) is 70.9 Å². The average molecular weight is 642 g/mol. The van der Waals surface area contributed by atoms with Gasteiger partial charge in [0, 0.05) is 37.4 Å². The SMILES string of the molecule is CCN(CCNS(C)(=O)=O)c1ccc(N2C(=O)NCCOC2(C(=O)Nc2cc(C)ccc2Cl)C(=O)c2ccccc2)c(C)c1. The number of aryl methyl sites for hydroxylation is 2. The largest absolute Gasteiger partial charge is 0.370 e. The van der Waals surface area contributed by atoms with Crippen molar-refractivity contribution in [3.63, 3.8) is 0 Å². The summed E-state index contributed by atoms with van der Waals surface area (Å²) in [5.74, 6) is -1.62. The van der Waals surface area contributed by atoms with E-state index in [1.807, 2.05) is 24.8 Å². The fourth-order valence-electron chi connectivity index (χ4n) is 5.01. The summed E-state index contributed by atoms with van der Waals surface area (Å²) in [6.45, 7) is 6.64. The van der Waals surface area contributed by atoms with Gasteiger partial charge < -0.3 is 20.3 Å². The number of ketones is 1. The van der Waals surface area contributed by atoms with Crippen molar-refractivity contribution >= 4 is 56.4 Å². The molecule has 1 atom stereocenters. The van der Waals surface area contributed by atoms with Crippen LogP contribution in [0.5, 0.6) is 0 Å². The van der Waals surface area contributed by atoms with E-state index in [1.54, 1.807) is 67.6 Å². The molecular weight excluding hydrogens is 606 g/mol. The molecule has 4 rings (SSSR count). The number of halogens is 1. The smallest absolute Gasteiger partial charge is 0.325 e. The van der Waals surface area contributed by atoms with E-state index in [-0.39, 0.29) is 41.7 Å². The van der Waals surface area contributed by atoms with E-state index in [0.29, 0.717) is 18.7 Å². The van der Waals surface area contributed by atoms with Crippen molar-refractivity contribution in [1.29, 1.82) is 0 Å². The monoisotopic (exact) mass is 641 g/mol. The molecule has 1 aliphatic heterocycles. The number of urea groups is 1. The Balaban J connectivity index is 1.83. The lowest BCUT2D eigenvalue weighted by atomic mass is 9.96. The topological polar surface area (TPSA) is 137 Å². The van der Waals surface area contributed by atoms with E-state index >= 15 is 0 Å². The van der Waals surface area contributed by atoms with Gasteiger partial charge in [-0.25, -0.2) is 22.8 Å². The summed E-state index contributed by atoms with van der Waals surface area (Å²) in [6, 6.07) is 17.8. The predicted octanol–water partition coefficient (Wildman–Crippen LogP) is 4.10. The van der Waals surface area contributed by atoms with Crippen molar-refractivity contribution in [2.24, 2.45) is 0 Å². The molecule has 3 N–H and O–H groups in total. The van der Waals surface area contributed by atoms with Gasteiger partial charge in [-0.1, -0.05) is 48.0 Å². The van der Waals surface area contributed by atoms with Crippen LogP contribution in [0.2, 0.25) is 5.02 Å². The summed E-state index contributed by atoms with van der Waals surface area (Å²) in [4.78, 5) is 45.6. The minimum Gasteiger partial charge on any atom is -0.370 e. The molecule has 13 heteroatoms. The zero-order valence-corrected chi connectivity index (χ0v) is 26.6. The van der Waals surface area contributed by atoms with Crippen molar-refractivity contribution in [1.82, 2.24) is 10.0 Å². The van der Waals surface area contributed by atoms with Gasteiger partial charge in [0.05, 0.1) is 29.3 Å². The van der Waals surface area contributed by atoms with Crippen molar-refractivity contribution in [2.45, 2.75) is 26.5 Å². The molecule has 234 valence electrons. The molecule has 3 aromatic carbocycles. The lowest BCUT2D eigenvalue weighted by Crippen LogP contribution is -2.66. The summed E-state index contributed by atoms with van der Waals surface area (Å²) < 4.78 is 31.7. The number of Topliss-reactive ketones (excluding diaryl/α,β-unsaturated/α-hetero) is 1. The first-order valence-electron chi connectivity index (χ1n) is 14.1. The van der Waals surface area contributed by atoms with Crippen molar-refractivity contribution in [2.75, 3.05) is 54.2 Å². The zero-order valence-electron chi connectivity index (χ0n) is 25.0. The van der Waals surface area contributed by atoms with Crippen LogP contribution >= 0.6 is 11.6 Å². The molecule has 1 heterocycles. The van der Waals surface area contributed by atoms with E-state index in [4.69, 9.17) is 16.3 Å². The first-order valence-corrected chi connectivity index (χ1v) is 16.3. The number of ether oxygens (including phenoxy) is 1. The Bertz CT molecular complexity index is 1650. The van der Waals surface area contributed by atoms with E-state index in [2.05, 4.69) is 15.4 Å². The second kappa shape index (κ2) is 13.8. The van der Waals surface area contributed by atoms with Crippen LogP contribution in [0, 0.1) is 13.8 Å². The van der Waals surface area contributed by atoms with Crippen LogP contribution in [0.15, 0.2) is 66.7 Å². The number of anilines is 3. The summed E-state index contributed by atoms with van der Waals surface area (Å²) in [6.07, 6.45) is 1.10. The zero-order chi connectivity index (χ0) is 32.1. The summed E-state index contributed by atoms with van der Waals surface area (Å²) in [5, 5.41) is 5.74. The highest BCUT2D eigenvalue weighted by molar-refractivity contribution is 7.88. The standard InChI is InChI=1S/C31H36ClN5O6S/c1-5-36(17-15-34-44(4,41)42)24-12-14-27(22(3)20-24)37-30(40)33-16-18-43-31(37,28(38)23-9-7-6-8-10-23)29(39)35-26-19-21(2)11-13-25(26)32/h6-14,19-20,34H,5,15-18H2,1-4H3,(H,33,40)(H,35,39). The van der Waals surface area contributed by atoms with Crippen LogP contribution in [0.3, 0.4) is 0 Å². The molecule has 0 spiro atoms. The highest BCUT2D eigenvalue weighted by Gasteiger charge is 2.57. The molecule has 0 aromatic heterocycles. The lowest BCUT2D eigenvalue weighted by Gasteiger charge is -2.39. The molecule has 0 saturated carbocycles. The van der Waals surface area contributed by atoms with Gasteiger partial charge in [0.25, 0.3) is 11.6 Å². The Morgan fingerprint density at radius 1 is 1.09 bits per heavy atom. The molecular formula is C31H36ClN5O6S. The minimum atomic E-state index is -3.35. The number of hydrogen-bond donors (Lipinski definition) is 3. The maximum Gasteiger partial charge on any atom is 0.325 e. The average Bonchev–Trinajstić information content (AvgIpc) is 3.16. The van der Waals surface area contributed by atoms with E-state index in [9.17, 15) is 22.8 Å². The third-order valence-corrected chi connectivity index (χ3v) is 8.20. The van der Waals surface area contributed by atoms with Crippen molar-refractivity contribution in [3.05, 3.63) is 88.4 Å². The molecule has 0 aliphatic carbocycles. The van der Waals surface area contributed by atoms with E-state index in [0.717, 1.165) is 22.4 Å². The van der Waals surface area contributed by atoms with Crippen LogP contribution in [0.4, 0.5) is 21.9 Å². The van der Waals surface area contributed by atoms with Crippen LogP contribution in [-0.2, 0) is 19.6 Å². The fraction of sp³-hybridized carbons (Fsp3) is 0.323. The number of carbonyl (C=O) groups is 3. The third kappa shape index (κ3) is 7.21. The lowest BCUT2D eigenvalue weighted by molar-refractivity contribution is -0.133. The van der Waals surface area contributed by atoms with Gasteiger partial charge in [-0.05, 0) is 62.2 Å². The normalized spacial score (nSPS) is 17.0. The number of nitrogens with one attached hydrogen (secondary N) is 3. The number of amides is 3. The Hall–Kier alpha value is -3.97. The van der Waals surface area contributed by atoms with Gasteiger partial charge in [0.1, 0.15) is 0 Å². The highest BCUT2D eigenvalue weighted by Crippen LogP contribution is 2.36. The summed E-state index contributed by atoms with van der Waals surface area (Å²) in [5.41, 5.74) is 0.420. The molecule has 1 fully saturated rings. The van der Waals surface area contributed by atoms with Gasteiger partial charge in [-0.3, -0.25) is 9.59 Å². The van der Waals surface area contributed by atoms with Gasteiger partial charge in [0.15, 0.2) is 0 Å². The number of benzene rings is 3. The molecule has 3 amide bonds. The Labute approximate surface area is 262 Å². The molecule has 1 aliphatic rings. The Kier molecular flexibility index (Phi) is 10.3. The number of sulfonamides is 1. The summed E-state index contributed by atoms with van der Waals surface area (Å²) in [7, 11) is -3.35. The van der Waals surface area contributed by atoms with Crippen LogP contribution in [0.25, 0.3) is 0 Å². The van der Waals surface area contributed by atoms with Gasteiger partial charge in [0.2, 0.25) is 15.8 Å². The quantitative estimate of drug-likeness (QED) is 0.212. The molecule has 1 unspecified atom stereocenters. The molecule has 3 aromatic rings. The maximum atomic E-state index is 14.4. The van der Waals surface area contributed by atoms with E-state index < -0.39 is 33.5 Å². The predicted molar refractivity (Wildman–Crippen MR) is 172 cm³/mol. The number of nitrogens with zero attached hydrogens (tertiary/aromatic N) is 2. The Morgan fingerprint density at radius 2 is 1.82 bits per heavy atom. The molecule has 0 bridgehead atoms. The van der Waals surface area contributed by atoms with Gasteiger partial charge in [-0.15, -0.1) is 0 Å². The van der Waals surface area contributed by atoms with E-state index in [1.165, 1.54) is 0 Å². The molecule has 0 radical (unpaired) electrons. The second-order valence-corrected chi connectivity index (χ2v) is 12.6. The number of likely N-dealkylation sites (N-methyl/N-ethyl adjacent to an activating group) is 1. The Morgan fingerprint density at radius 3 is 2.48 bits per heavy atom. The maximum absolute atomic E-state index is 14.4. The molecule has 1 saturated heterocycles. The first-order chi connectivity index (χ1) is 20.9. The van der Waals surface area contributed by atoms with Crippen LogP contribution < -0.4 is 25.2 Å². The van der Waals surface area contributed by atoms with Crippen molar-refractivity contribution < 1.29 is 27.5 Å². The molecule has 44 heavy (non-hydrogen) atoms. The summed E-state index contributed by atoms with van der Waals surface area (Å²) >= 11 is 6.41. The van der Waals surface area contributed by atoms with Crippen molar-refractivity contribution in [3.8, 4) is 0 Å². The third-order valence-electron chi connectivity index (χ3n) is 7.14. The number of hydrogen-bond acceptors (Lipinski definition) is 7. The minimum absolute atomic E-state index is 0.0612. The number of rotatable bonds is 11. The second-order valence-electron chi connectivity index (χ2n) is 10.4. The van der Waals surface area contributed by atoms with Crippen LogP contribution in [0.1, 0.15) is 28.4 Å².